The molecule has 2 saturated heterocycles. The molecule has 0 saturated carbocycles. The largest absolute Gasteiger partial charge is 0.381 e. The van der Waals surface area contributed by atoms with Crippen LogP contribution in [0.5, 0.6) is 0 Å². The van der Waals surface area contributed by atoms with Crippen LogP contribution in [0.2, 0.25) is 0 Å². The topological polar surface area (TPSA) is 53.6 Å². The number of amides is 1. The third-order valence-electron chi connectivity index (χ3n) is 3.74. The number of carbonyl (C=O) groups is 1. The third-order valence-corrected chi connectivity index (χ3v) is 3.74. The highest BCUT2D eigenvalue weighted by atomic mass is 16.5. The molecule has 5 heteroatoms. The number of carbonyl (C=O) groups excluding carboxylic acids is 1. The summed E-state index contributed by atoms with van der Waals surface area (Å²) in [6, 6.07) is -0.00315. The van der Waals surface area contributed by atoms with Gasteiger partial charge in [0.2, 0.25) is 5.91 Å². The molecule has 2 N–H and O–H groups in total. The lowest BCUT2D eigenvalue weighted by Crippen LogP contribution is -2.58. The average molecular weight is 241 g/mol. The van der Waals surface area contributed by atoms with Crippen LogP contribution in [-0.2, 0) is 9.53 Å². The number of ether oxygens (including phenoxy) is 1. The Morgan fingerprint density at radius 1 is 1.47 bits per heavy atom. The van der Waals surface area contributed by atoms with Crippen LogP contribution in [0, 0.1) is 5.92 Å². The molecular formula is C12H23N3O2. The second-order valence-electron chi connectivity index (χ2n) is 4.88. The van der Waals surface area contributed by atoms with Crippen molar-refractivity contribution >= 4 is 5.91 Å². The molecule has 5 nitrogen and oxygen atoms in total. The molecule has 0 bridgehead atoms. The second kappa shape index (κ2) is 6.33. The lowest BCUT2D eigenvalue weighted by atomic mass is 9.98. The summed E-state index contributed by atoms with van der Waals surface area (Å²) in [4.78, 5) is 14.1. The first-order valence-electron chi connectivity index (χ1n) is 6.55. The van der Waals surface area contributed by atoms with E-state index >= 15 is 0 Å². The van der Waals surface area contributed by atoms with Crippen molar-refractivity contribution in [2.75, 3.05) is 46.4 Å². The Hall–Kier alpha value is -0.650. The van der Waals surface area contributed by atoms with Gasteiger partial charge in [0.1, 0.15) is 6.04 Å². The van der Waals surface area contributed by atoms with Crippen molar-refractivity contribution in [3.05, 3.63) is 0 Å². The van der Waals surface area contributed by atoms with Crippen molar-refractivity contribution in [3.8, 4) is 0 Å². The van der Waals surface area contributed by atoms with Gasteiger partial charge < -0.3 is 15.4 Å². The minimum atomic E-state index is -0.00315. The van der Waals surface area contributed by atoms with Crippen LogP contribution in [0.15, 0.2) is 0 Å². The van der Waals surface area contributed by atoms with Crippen molar-refractivity contribution < 1.29 is 9.53 Å². The average Bonchev–Trinajstić information content (AvgIpc) is 2.40. The maximum absolute atomic E-state index is 11.8. The summed E-state index contributed by atoms with van der Waals surface area (Å²) >= 11 is 0. The Kier molecular flexibility index (Phi) is 4.76. The molecule has 2 rings (SSSR count). The van der Waals surface area contributed by atoms with E-state index in [1.54, 1.807) is 7.05 Å². The van der Waals surface area contributed by atoms with E-state index in [0.29, 0.717) is 5.92 Å². The van der Waals surface area contributed by atoms with Gasteiger partial charge in [-0.25, -0.2) is 0 Å². The van der Waals surface area contributed by atoms with Crippen LogP contribution >= 0.6 is 0 Å². The first-order chi connectivity index (χ1) is 8.31. The van der Waals surface area contributed by atoms with Crippen LogP contribution in [0.1, 0.15) is 12.8 Å². The molecule has 2 heterocycles. The molecule has 0 aliphatic carbocycles. The molecular weight excluding hydrogens is 218 g/mol. The number of nitrogens with one attached hydrogen (secondary N) is 2. The van der Waals surface area contributed by atoms with Crippen molar-refractivity contribution in [1.82, 2.24) is 15.5 Å². The highest BCUT2D eigenvalue weighted by Gasteiger charge is 2.29. The first-order valence-corrected chi connectivity index (χ1v) is 6.55. The number of piperazine rings is 1. The lowest BCUT2D eigenvalue weighted by molar-refractivity contribution is -0.127. The maximum Gasteiger partial charge on any atom is 0.238 e. The number of nitrogens with zero attached hydrogens (tertiary/aromatic N) is 1. The molecule has 1 amide bonds. The number of hydrogen-bond acceptors (Lipinski definition) is 4. The van der Waals surface area contributed by atoms with Crippen LogP contribution in [0.3, 0.4) is 0 Å². The van der Waals surface area contributed by atoms with Gasteiger partial charge in [-0.3, -0.25) is 9.69 Å². The Balaban J connectivity index is 1.88. The molecule has 0 aromatic carbocycles. The van der Waals surface area contributed by atoms with Gasteiger partial charge in [-0.2, -0.15) is 0 Å². The summed E-state index contributed by atoms with van der Waals surface area (Å²) < 4.78 is 5.37. The van der Waals surface area contributed by atoms with Gasteiger partial charge in [0, 0.05) is 46.4 Å². The van der Waals surface area contributed by atoms with Crippen LogP contribution < -0.4 is 10.6 Å². The van der Waals surface area contributed by atoms with Gasteiger partial charge in [-0.15, -0.1) is 0 Å². The fourth-order valence-corrected chi connectivity index (χ4v) is 2.65. The predicted octanol–water partition coefficient (Wildman–Crippen LogP) is -0.567. The van der Waals surface area contributed by atoms with Crippen molar-refractivity contribution in [2.45, 2.75) is 18.9 Å². The third kappa shape index (κ3) is 3.40. The zero-order valence-electron chi connectivity index (χ0n) is 10.6. The number of likely N-dealkylation sites (N-methyl/N-ethyl adjacent to an activating group) is 1. The van der Waals surface area contributed by atoms with Gasteiger partial charge in [0.25, 0.3) is 0 Å². The monoisotopic (exact) mass is 241 g/mol. The standard InChI is InChI=1S/C12H23N3O2/c1-13-12(16)11-8-14-4-5-15(11)9-10-2-6-17-7-3-10/h10-11,14H,2-9H2,1H3,(H,13,16). The van der Waals surface area contributed by atoms with E-state index in [1.807, 2.05) is 0 Å². The van der Waals surface area contributed by atoms with Gasteiger partial charge in [-0.05, 0) is 18.8 Å². The molecule has 2 fully saturated rings. The fourth-order valence-electron chi connectivity index (χ4n) is 2.65. The van der Waals surface area contributed by atoms with Crippen molar-refractivity contribution in [1.29, 1.82) is 0 Å². The van der Waals surface area contributed by atoms with Crippen LogP contribution in [0.4, 0.5) is 0 Å². The Morgan fingerprint density at radius 2 is 2.24 bits per heavy atom. The molecule has 1 unspecified atom stereocenters. The highest BCUT2D eigenvalue weighted by molar-refractivity contribution is 5.81. The zero-order valence-corrected chi connectivity index (χ0v) is 10.6. The Bertz CT molecular complexity index is 254. The van der Waals surface area contributed by atoms with Crippen molar-refractivity contribution in [2.24, 2.45) is 5.92 Å². The summed E-state index contributed by atoms with van der Waals surface area (Å²) in [6.45, 7) is 5.50. The molecule has 0 spiro atoms. The molecule has 0 aromatic rings. The normalized spacial score (nSPS) is 27.9. The van der Waals surface area contributed by atoms with E-state index in [-0.39, 0.29) is 11.9 Å². The fraction of sp³-hybridized carbons (Fsp3) is 0.917. The summed E-state index contributed by atoms with van der Waals surface area (Å²) in [5.74, 6) is 0.818. The van der Waals surface area contributed by atoms with E-state index in [2.05, 4.69) is 15.5 Å². The smallest absolute Gasteiger partial charge is 0.238 e. The minimum absolute atomic E-state index is 0.00315. The SMILES string of the molecule is CNC(=O)C1CNCCN1CC1CCOCC1. The second-order valence-corrected chi connectivity index (χ2v) is 4.88. The molecule has 0 aromatic heterocycles. The molecule has 17 heavy (non-hydrogen) atoms. The van der Waals surface area contributed by atoms with Crippen molar-refractivity contribution in [3.63, 3.8) is 0 Å². The maximum atomic E-state index is 11.8. The van der Waals surface area contributed by atoms with Crippen LogP contribution in [0.25, 0.3) is 0 Å². The van der Waals surface area contributed by atoms with Gasteiger partial charge in [0.15, 0.2) is 0 Å². The molecule has 0 radical (unpaired) electrons. The van der Waals surface area contributed by atoms with Gasteiger partial charge in [-0.1, -0.05) is 0 Å². The Labute approximate surface area is 103 Å². The summed E-state index contributed by atoms with van der Waals surface area (Å²) in [6.07, 6.45) is 2.26. The zero-order chi connectivity index (χ0) is 12.1. The summed E-state index contributed by atoms with van der Waals surface area (Å²) in [5.41, 5.74) is 0. The van der Waals surface area contributed by atoms with Crippen LogP contribution in [-0.4, -0.2) is 63.3 Å². The van der Waals surface area contributed by atoms with E-state index < -0.39 is 0 Å². The van der Waals surface area contributed by atoms with E-state index in [1.165, 1.54) is 0 Å². The van der Waals surface area contributed by atoms with Gasteiger partial charge in [0.05, 0.1) is 0 Å². The highest BCUT2D eigenvalue weighted by Crippen LogP contribution is 2.18. The molecule has 2 aliphatic rings. The van der Waals surface area contributed by atoms with E-state index in [0.717, 1.165) is 52.2 Å². The molecule has 2 aliphatic heterocycles. The predicted molar refractivity (Wildman–Crippen MR) is 65.8 cm³/mol. The van der Waals surface area contributed by atoms with E-state index in [4.69, 9.17) is 4.74 Å². The first kappa shape index (κ1) is 12.8. The summed E-state index contributed by atoms with van der Waals surface area (Å²) in [5, 5.41) is 6.05. The quantitative estimate of drug-likeness (QED) is 0.695. The Morgan fingerprint density at radius 3 is 2.94 bits per heavy atom. The lowest BCUT2D eigenvalue weighted by Gasteiger charge is -2.37. The van der Waals surface area contributed by atoms with Gasteiger partial charge >= 0.3 is 0 Å². The summed E-state index contributed by atoms with van der Waals surface area (Å²) in [7, 11) is 1.71. The minimum Gasteiger partial charge on any atom is -0.381 e. The number of hydrogen-bond donors (Lipinski definition) is 2. The van der Waals surface area contributed by atoms with E-state index in [9.17, 15) is 4.79 Å². The molecule has 1 atom stereocenters. The number of rotatable bonds is 3. The molecule has 98 valence electrons.